The maximum atomic E-state index is 11.6. The van der Waals surface area contributed by atoms with Crippen molar-refractivity contribution in [3.8, 4) is 0 Å². The highest BCUT2D eigenvalue weighted by Gasteiger charge is 2.17. The van der Waals surface area contributed by atoms with Crippen molar-refractivity contribution in [1.29, 1.82) is 0 Å². The number of nitrogens with one attached hydrogen (secondary N) is 1. The van der Waals surface area contributed by atoms with Crippen LogP contribution in [-0.4, -0.2) is 42.6 Å². The summed E-state index contributed by atoms with van der Waals surface area (Å²) in [5.41, 5.74) is 3.63. The van der Waals surface area contributed by atoms with Gasteiger partial charge in [0.05, 0.1) is 6.67 Å². The fraction of sp³-hybridized carbons (Fsp3) is 0.769. The Kier molecular flexibility index (Phi) is 5.65. The number of hydrazine groups is 1. The molecule has 98 valence electrons. The van der Waals surface area contributed by atoms with E-state index in [9.17, 15) is 4.79 Å². The van der Waals surface area contributed by atoms with E-state index in [-0.39, 0.29) is 5.91 Å². The van der Waals surface area contributed by atoms with Crippen molar-refractivity contribution in [1.82, 2.24) is 15.3 Å². The molecule has 1 fully saturated rings. The van der Waals surface area contributed by atoms with Crippen molar-refractivity contribution in [3.63, 3.8) is 0 Å². The van der Waals surface area contributed by atoms with E-state index in [0.717, 1.165) is 31.2 Å². The van der Waals surface area contributed by atoms with Gasteiger partial charge in [-0.25, -0.2) is 5.01 Å². The number of hydrogen-bond acceptors (Lipinski definition) is 3. The molecule has 0 unspecified atom stereocenters. The van der Waals surface area contributed by atoms with Crippen molar-refractivity contribution >= 4 is 5.91 Å². The van der Waals surface area contributed by atoms with E-state index < -0.39 is 0 Å². The van der Waals surface area contributed by atoms with Crippen molar-refractivity contribution < 1.29 is 4.79 Å². The fourth-order valence-corrected chi connectivity index (χ4v) is 1.93. The molecule has 0 aliphatic carbocycles. The number of piperidine rings is 1. The summed E-state index contributed by atoms with van der Waals surface area (Å²) in [4.78, 5) is 14.0. The first-order chi connectivity index (χ1) is 8.02. The topological polar surface area (TPSA) is 35.6 Å². The minimum Gasteiger partial charge on any atom is -0.289 e. The molecule has 1 aliphatic heterocycles. The van der Waals surface area contributed by atoms with Crippen LogP contribution in [0.4, 0.5) is 0 Å². The third-order valence-corrected chi connectivity index (χ3v) is 3.37. The number of amides is 1. The highest BCUT2D eigenvalue weighted by Crippen LogP contribution is 2.15. The first kappa shape index (κ1) is 14.2. The minimum absolute atomic E-state index is 0.0135. The highest BCUT2D eigenvalue weighted by atomic mass is 16.2. The van der Waals surface area contributed by atoms with Gasteiger partial charge in [0.15, 0.2) is 0 Å². The lowest BCUT2D eigenvalue weighted by Gasteiger charge is -2.33. The number of nitrogens with zero attached hydrogens (tertiary/aromatic N) is 2. The molecule has 0 aromatic rings. The summed E-state index contributed by atoms with van der Waals surface area (Å²) in [6, 6.07) is 0. The molecule has 1 rings (SSSR count). The molecule has 4 nitrogen and oxygen atoms in total. The molecule has 0 aromatic carbocycles. The third kappa shape index (κ3) is 4.88. The lowest BCUT2D eigenvalue weighted by molar-refractivity contribution is -0.122. The molecule has 1 N–H and O–H groups in total. The molecule has 17 heavy (non-hydrogen) atoms. The predicted octanol–water partition coefficient (Wildman–Crippen LogP) is 1.60. The van der Waals surface area contributed by atoms with Crippen molar-refractivity contribution in [2.45, 2.75) is 33.6 Å². The maximum absolute atomic E-state index is 11.6. The summed E-state index contributed by atoms with van der Waals surface area (Å²) in [5.74, 6) is 0.830. The summed E-state index contributed by atoms with van der Waals surface area (Å²) in [6.45, 7) is 9.06. The van der Waals surface area contributed by atoms with Crippen LogP contribution >= 0.6 is 0 Å². The summed E-state index contributed by atoms with van der Waals surface area (Å²) in [7, 11) is 1.92. The Morgan fingerprint density at radius 3 is 2.59 bits per heavy atom. The Balaban J connectivity index is 2.29. The van der Waals surface area contributed by atoms with Crippen molar-refractivity contribution in [2.75, 3.05) is 26.8 Å². The van der Waals surface area contributed by atoms with E-state index in [1.165, 1.54) is 12.8 Å². The Hall–Kier alpha value is -0.870. The molecule has 1 amide bonds. The van der Waals surface area contributed by atoms with Gasteiger partial charge in [-0.15, -0.1) is 0 Å². The molecule has 1 heterocycles. The zero-order valence-electron chi connectivity index (χ0n) is 11.5. The van der Waals surface area contributed by atoms with Gasteiger partial charge in [-0.2, -0.15) is 0 Å². The standard InChI is InChI=1S/C13H25N3O/c1-5-12(3)13(17)14-15(4)10-16-8-6-11(2)7-9-16/h5,11H,6-10H2,1-4H3,(H,14,17)/b12-5-. The number of allylic oxidation sites excluding steroid dienone is 1. The van der Waals surface area contributed by atoms with Crippen LogP contribution in [-0.2, 0) is 4.79 Å². The Morgan fingerprint density at radius 1 is 1.47 bits per heavy atom. The normalized spacial score (nSPS) is 19.7. The van der Waals surface area contributed by atoms with Gasteiger partial charge in [-0.1, -0.05) is 13.0 Å². The summed E-state index contributed by atoms with van der Waals surface area (Å²) < 4.78 is 0. The number of carbonyl (C=O) groups excluding carboxylic acids is 1. The molecular formula is C13H25N3O. The number of hydrogen-bond donors (Lipinski definition) is 1. The summed E-state index contributed by atoms with van der Waals surface area (Å²) >= 11 is 0. The highest BCUT2D eigenvalue weighted by molar-refractivity contribution is 5.92. The molecule has 0 atom stereocenters. The van der Waals surface area contributed by atoms with E-state index in [0.29, 0.717) is 0 Å². The molecule has 4 heteroatoms. The van der Waals surface area contributed by atoms with Crippen molar-refractivity contribution in [3.05, 3.63) is 11.6 Å². The molecule has 0 aromatic heterocycles. The smallest absolute Gasteiger partial charge is 0.260 e. The first-order valence-electron chi connectivity index (χ1n) is 6.40. The number of likely N-dealkylation sites (tertiary alicyclic amines) is 1. The van der Waals surface area contributed by atoms with Gasteiger partial charge < -0.3 is 0 Å². The van der Waals surface area contributed by atoms with E-state index in [2.05, 4.69) is 17.2 Å². The molecule has 1 saturated heterocycles. The average molecular weight is 239 g/mol. The van der Waals surface area contributed by atoms with Crippen LogP contribution in [0.1, 0.15) is 33.6 Å². The largest absolute Gasteiger partial charge is 0.289 e. The first-order valence-corrected chi connectivity index (χ1v) is 6.40. The summed E-state index contributed by atoms with van der Waals surface area (Å²) in [5, 5.41) is 1.87. The second-order valence-corrected chi connectivity index (χ2v) is 5.05. The molecule has 0 radical (unpaired) electrons. The Morgan fingerprint density at radius 2 is 2.06 bits per heavy atom. The van der Waals surface area contributed by atoms with Crippen LogP contribution in [0.5, 0.6) is 0 Å². The second kappa shape index (κ2) is 6.77. The zero-order chi connectivity index (χ0) is 12.8. The van der Waals surface area contributed by atoms with E-state index >= 15 is 0 Å². The lowest BCUT2D eigenvalue weighted by atomic mass is 10.00. The quantitative estimate of drug-likeness (QED) is 0.598. The SMILES string of the molecule is C/C=C(/C)C(=O)NN(C)CN1CCC(C)CC1. The third-order valence-electron chi connectivity index (χ3n) is 3.37. The molecule has 0 spiro atoms. The van der Waals surface area contributed by atoms with E-state index in [1.54, 1.807) is 0 Å². The fourth-order valence-electron chi connectivity index (χ4n) is 1.93. The number of rotatable bonds is 4. The van der Waals surface area contributed by atoms with Gasteiger partial charge in [0.2, 0.25) is 0 Å². The van der Waals surface area contributed by atoms with Gasteiger partial charge in [0.25, 0.3) is 5.91 Å². The lowest BCUT2D eigenvalue weighted by Crippen LogP contribution is -2.48. The number of carbonyl (C=O) groups is 1. The minimum atomic E-state index is -0.0135. The van der Waals surface area contributed by atoms with Gasteiger partial charge in [0, 0.05) is 12.6 Å². The molecular weight excluding hydrogens is 214 g/mol. The Labute approximate surface area is 105 Å². The van der Waals surface area contributed by atoms with E-state index in [4.69, 9.17) is 0 Å². The van der Waals surface area contributed by atoms with Crippen LogP contribution < -0.4 is 5.43 Å². The van der Waals surface area contributed by atoms with Gasteiger partial charge >= 0.3 is 0 Å². The van der Waals surface area contributed by atoms with Crippen LogP contribution in [0.25, 0.3) is 0 Å². The van der Waals surface area contributed by atoms with Crippen LogP contribution in [0.3, 0.4) is 0 Å². The maximum Gasteiger partial charge on any atom is 0.260 e. The molecule has 0 saturated carbocycles. The van der Waals surface area contributed by atoms with Crippen LogP contribution in [0.15, 0.2) is 11.6 Å². The summed E-state index contributed by atoms with van der Waals surface area (Å²) in [6.07, 6.45) is 4.34. The Bertz CT molecular complexity index is 280. The molecule has 1 aliphatic rings. The van der Waals surface area contributed by atoms with E-state index in [1.807, 2.05) is 32.0 Å². The predicted molar refractivity (Wildman–Crippen MR) is 70.2 cm³/mol. The van der Waals surface area contributed by atoms with Crippen LogP contribution in [0.2, 0.25) is 0 Å². The molecule has 0 bridgehead atoms. The van der Waals surface area contributed by atoms with Crippen molar-refractivity contribution in [2.24, 2.45) is 5.92 Å². The zero-order valence-corrected chi connectivity index (χ0v) is 11.5. The average Bonchev–Trinajstić information content (AvgIpc) is 2.30. The monoisotopic (exact) mass is 239 g/mol. The van der Waals surface area contributed by atoms with Gasteiger partial charge in [0.1, 0.15) is 0 Å². The van der Waals surface area contributed by atoms with Gasteiger partial charge in [-0.3, -0.25) is 15.1 Å². The van der Waals surface area contributed by atoms with Crippen LogP contribution in [0, 0.1) is 5.92 Å². The second-order valence-electron chi connectivity index (χ2n) is 5.05. The van der Waals surface area contributed by atoms with Gasteiger partial charge in [-0.05, 0) is 45.7 Å².